The van der Waals surface area contributed by atoms with Crippen LogP contribution < -0.4 is 0 Å². The quantitative estimate of drug-likeness (QED) is 0.115. The van der Waals surface area contributed by atoms with Gasteiger partial charge in [-0.2, -0.15) is 5.26 Å². The van der Waals surface area contributed by atoms with Gasteiger partial charge in [0.2, 0.25) is 0 Å². The minimum atomic E-state index is 0.447. The molecule has 149 heavy (non-hydrogen) atoms. The van der Waals surface area contributed by atoms with Crippen molar-refractivity contribution in [3.63, 3.8) is 0 Å². The lowest BCUT2D eigenvalue weighted by atomic mass is 9.96. The summed E-state index contributed by atoms with van der Waals surface area (Å²) in [6, 6.07) is 182. The first-order valence-electron chi connectivity index (χ1n) is 50.7. The highest BCUT2D eigenvalue weighted by atomic mass is 15.1. The first kappa shape index (κ1) is 82.1. The topological polar surface area (TPSA) is 107 Å². The molecule has 0 unspecified atom stereocenters. The maximum Gasteiger partial charge on any atom is 0.164 e. The van der Waals surface area contributed by atoms with Gasteiger partial charge >= 0.3 is 0 Å². The Bertz CT molecular complexity index is 10400. The number of rotatable bonds is 13. The van der Waals surface area contributed by atoms with Crippen LogP contribution in [0.4, 0.5) is 0 Å². The third-order valence-electron chi connectivity index (χ3n) is 31.4. The number of para-hydroxylation sites is 12. The van der Waals surface area contributed by atoms with E-state index in [1.165, 1.54) is 64.6 Å². The molecular weight excluding hydrogens is 1820 g/mol. The van der Waals surface area contributed by atoms with Crippen LogP contribution in [0.3, 0.4) is 0 Å². The summed E-state index contributed by atoms with van der Waals surface area (Å²) in [4.78, 5) is 16.6. The third kappa shape index (κ3) is 12.0. The van der Waals surface area contributed by atoms with Gasteiger partial charge in [-0.05, 0) is 212 Å². The van der Waals surface area contributed by atoms with Gasteiger partial charge in [0.1, 0.15) is 11.6 Å². The Kier molecular flexibility index (Phi) is 17.5. The van der Waals surface area contributed by atoms with Crippen LogP contribution in [0.2, 0.25) is 0 Å². The van der Waals surface area contributed by atoms with Gasteiger partial charge in [-0.3, -0.25) is 0 Å². The van der Waals surface area contributed by atoms with E-state index in [-0.39, 0.29) is 0 Å². The summed E-state index contributed by atoms with van der Waals surface area (Å²) in [7, 11) is 0. The highest BCUT2D eigenvalue weighted by Crippen LogP contribution is 2.50. The maximum absolute atomic E-state index is 13.6. The molecule has 0 radical (unpaired) electrons. The molecule has 10 aromatic heterocycles. The Labute approximate surface area is 851 Å². The molecule has 0 fully saturated rings. The minimum Gasteiger partial charge on any atom is -0.309 e. The lowest BCUT2D eigenvalue weighted by Gasteiger charge is -2.21. The zero-order chi connectivity index (χ0) is 97.5. The summed E-state index contributed by atoms with van der Waals surface area (Å²) in [6.45, 7) is 0. The summed E-state index contributed by atoms with van der Waals surface area (Å²) >= 11 is 0. The second-order valence-electron chi connectivity index (χ2n) is 39.2. The Balaban J connectivity index is 0.737. The summed E-state index contributed by atoms with van der Waals surface area (Å²) in [5, 5.41) is 33.7. The predicted molar refractivity (Wildman–Crippen MR) is 615 cm³/mol. The molecule has 32 aromatic rings. The van der Waals surface area contributed by atoms with Crippen LogP contribution in [0.15, 0.2) is 491 Å². The van der Waals surface area contributed by atoms with Crippen LogP contribution in [-0.4, -0.2) is 56.1 Å². The van der Waals surface area contributed by atoms with E-state index in [2.05, 4.69) is 502 Å². The molecule has 13 nitrogen and oxygen atoms in total. The number of nitrogens with zero attached hydrogens (tertiary/aromatic N) is 13. The molecule has 0 aliphatic carbocycles. The lowest BCUT2D eigenvalue weighted by molar-refractivity contribution is 1.07. The average Bonchev–Trinajstić information content (AvgIpc) is 1.55. The summed E-state index contributed by atoms with van der Waals surface area (Å²) in [5.41, 5.74) is 31.5. The van der Waals surface area contributed by atoms with Crippen LogP contribution in [0.25, 0.3) is 293 Å². The van der Waals surface area contributed by atoms with Crippen LogP contribution in [0.5, 0.6) is 0 Å². The lowest BCUT2D eigenvalue weighted by Crippen LogP contribution is -2.07. The maximum atomic E-state index is 13.6. The predicted octanol–water partition coefficient (Wildman–Crippen LogP) is 34.3. The fraction of sp³-hybridized carbons (Fsp3) is 0. The zero-order valence-corrected chi connectivity index (χ0v) is 80.1. The molecule has 0 atom stereocenters. The van der Waals surface area contributed by atoms with E-state index >= 15 is 0 Å². The molecule has 0 amide bonds. The fourth-order valence-electron chi connectivity index (χ4n) is 25.1. The summed E-state index contributed by atoms with van der Waals surface area (Å²) < 4.78 is 21.9. The van der Waals surface area contributed by atoms with E-state index in [1.54, 1.807) is 0 Å². The van der Waals surface area contributed by atoms with Gasteiger partial charge in [0.05, 0.1) is 116 Å². The van der Waals surface area contributed by atoms with Crippen molar-refractivity contribution in [1.82, 2.24) is 56.1 Å². The van der Waals surface area contributed by atoms with Crippen molar-refractivity contribution < 1.29 is 0 Å². The molecule has 690 valence electrons. The molecule has 0 aliphatic heterocycles. The summed E-state index contributed by atoms with van der Waals surface area (Å²) in [6.07, 6.45) is 0. The van der Waals surface area contributed by atoms with Crippen LogP contribution >= 0.6 is 0 Å². The van der Waals surface area contributed by atoms with Gasteiger partial charge < -0.3 is 41.1 Å². The van der Waals surface area contributed by atoms with Crippen LogP contribution in [0.1, 0.15) is 5.56 Å². The molecule has 22 aromatic carbocycles. The molecule has 0 spiro atoms. The molecule has 0 aliphatic rings. The Morgan fingerprint density at radius 2 is 0.349 bits per heavy atom. The zero-order valence-electron chi connectivity index (χ0n) is 80.1. The van der Waals surface area contributed by atoms with Crippen molar-refractivity contribution in [2.45, 2.75) is 0 Å². The van der Waals surface area contributed by atoms with Crippen molar-refractivity contribution in [1.29, 1.82) is 5.26 Å². The number of hydrogen-bond acceptors (Lipinski definition) is 4. The average molecular weight is 1900 g/mol. The molecule has 32 rings (SSSR count). The Hall–Kier alpha value is -20.5. The van der Waals surface area contributed by atoms with E-state index in [0.717, 1.165) is 199 Å². The van der Waals surface area contributed by atoms with E-state index < -0.39 is 0 Å². The Morgan fingerprint density at radius 3 is 0.611 bits per heavy atom. The monoisotopic (exact) mass is 1900 g/mol. The fourth-order valence-corrected chi connectivity index (χ4v) is 25.1. The largest absolute Gasteiger partial charge is 0.309 e. The van der Waals surface area contributed by atoms with Crippen LogP contribution in [0, 0.1) is 11.3 Å². The molecule has 10 heterocycles. The van der Waals surface area contributed by atoms with Gasteiger partial charge in [0.15, 0.2) is 17.5 Å². The summed E-state index contributed by atoms with van der Waals surface area (Å²) in [5.74, 6) is 1.54. The minimum absolute atomic E-state index is 0.447. The van der Waals surface area contributed by atoms with Crippen molar-refractivity contribution >= 4 is 196 Å². The van der Waals surface area contributed by atoms with E-state index in [9.17, 15) is 5.26 Å². The Morgan fingerprint density at radius 1 is 0.141 bits per heavy atom. The molecular formula is C136H81N13. The smallest absolute Gasteiger partial charge is 0.164 e. The number of fused-ring (bicyclic) bond motifs is 27. The van der Waals surface area contributed by atoms with Gasteiger partial charge in [0, 0.05) is 153 Å². The van der Waals surface area contributed by atoms with Gasteiger partial charge in [-0.15, -0.1) is 0 Å². The standard InChI is InChI=1S/C136H81N13/c137-82-112-131(148-127-69-62-88(142-115-49-21-9-37-95(115)96-38-10-22-50-116(96)142)77-108(127)109-78-89(63-70-128(109)148)143-117-51-23-11-39-97(117)98-40-12-24-52-118(98)143)74-86(75-132(112)149-129-71-64-90(144-119-53-25-13-41-99(119)100-42-14-26-54-120(100)144)79-110(129)111-80-91(65-72-130(111)149)145-121-55-27-15-43-101(121)102-44-16-28-56-122(102)145)106-73-85(136-139-134(83-31-3-1-4-32-83)138-135(140-136)84-33-5-2-6-34-84)59-67-125(106)147-126-68-61-87(141-113-47-19-7-35-93(113)94-36-8-20-48-114(94)141)76-107(126)105-66-60-92(81-133(105)147)146-123-57-29-17-45-103(123)104-46-18-30-58-124(104)146/h1-81H. The van der Waals surface area contributed by atoms with Crippen LogP contribution in [-0.2, 0) is 0 Å². The normalized spacial score (nSPS) is 12.2. The third-order valence-corrected chi connectivity index (χ3v) is 31.4. The SMILES string of the molecule is N#Cc1c(-n2c3ccc(-n4c5ccccc5c5ccccc54)cc3c3cc(-n4c5ccccc5c5ccccc54)ccc32)cc(-c2cc(-c3nc(-c4ccccc4)nc(-c4ccccc4)n3)ccc2-n2c3ccc(-n4c5ccccc5c5ccccc54)cc3c3ccc(-n4c5ccccc5c5ccccc54)cc32)cc1-n1c2ccc(-n3c4ccccc4c4ccccc43)cc2c2cc(-n3c4ccccc4c4ccccc43)ccc21. The van der Waals surface area contributed by atoms with Crippen molar-refractivity contribution in [3.8, 4) is 103 Å². The van der Waals surface area contributed by atoms with E-state index in [4.69, 9.17) is 15.0 Å². The number of hydrogen-bond donors (Lipinski definition) is 0. The van der Waals surface area contributed by atoms with Crippen molar-refractivity contribution in [3.05, 3.63) is 497 Å². The molecule has 13 heteroatoms. The molecule has 0 N–H and O–H groups in total. The van der Waals surface area contributed by atoms with Crippen molar-refractivity contribution in [2.24, 2.45) is 0 Å². The van der Waals surface area contributed by atoms with E-state index in [1.807, 2.05) is 36.4 Å². The molecule has 0 bridgehead atoms. The number of nitriles is 1. The molecule has 0 saturated heterocycles. The highest BCUT2D eigenvalue weighted by molar-refractivity contribution is 6.20. The first-order valence-corrected chi connectivity index (χ1v) is 50.7. The second kappa shape index (κ2) is 31.8. The van der Waals surface area contributed by atoms with Crippen molar-refractivity contribution in [2.75, 3.05) is 0 Å². The van der Waals surface area contributed by atoms with Gasteiger partial charge in [0.25, 0.3) is 0 Å². The molecule has 0 saturated carbocycles. The second-order valence-corrected chi connectivity index (χ2v) is 39.2. The van der Waals surface area contributed by atoms with E-state index in [0.29, 0.717) is 34.4 Å². The van der Waals surface area contributed by atoms with Gasteiger partial charge in [-0.1, -0.05) is 285 Å². The highest BCUT2D eigenvalue weighted by Gasteiger charge is 2.31. The number of aromatic nitrogens is 12. The first-order chi connectivity index (χ1) is 73.9. The van der Waals surface area contributed by atoms with Gasteiger partial charge in [-0.25, -0.2) is 15.0 Å². The number of benzene rings is 22.